The Balaban J connectivity index is 1.75. The zero-order valence-electron chi connectivity index (χ0n) is 25.1. The number of carbonyl (C=O) groups excluding carboxylic acids is 2. The van der Waals surface area contributed by atoms with E-state index in [1.807, 2.05) is 25.8 Å². The van der Waals surface area contributed by atoms with E-state index in [-0.39, 0.29) is 29.9 Å². The van der Waals surface area contributed by atoms with Gasteiger partial charge in [-0.2, -0.15) is 13.2 Å². The van der Waals surface area contributed by atoms with E-state index in [1.165, 1.54) is 17.0 Å². The number of hydrogen-bond acceptors (Lipinski definition) is 6. The first-order chi connectivity index (χ1) is 19.9. The van der Waals surface area contributed by atoms with Crippen LogP contribution in [-0.2, 0) is 10.9 Å². The van der Waals surface area contributed by atoms with Crippen LogP contribution in [0.4, 0.5) is 33.7 Å². The number of hydrogen-bond donors (Lipinski definition) is 2. The summed E-state index contributed by atoms with van der Waals surface area (Å²) in [7, 11) is 1.97. The van der Waals surface area contributed by atoms with Gasteiger partial charge in [0.2, 0.25) is 5.56 Å². The standard InChI is InChI=1S/C30H37F4N5O4/c1-17-14-39(15-18(2)37(17)6)25-12-23(31)20(19-8-7-9-38(16-19)28(42)43-29(3,4)5)10-24(25)36-27(41)21-13-35-26(40)11-22(21)30(32,33)34/h8,10-13,17-18H,7,9,14-16H2,1-6H3,(H,35,40)(H,36,41). The Morgan fingerprint density at radius 2 is 1.72 bits per heavy atom. The zero-order chi connectivity index (χ0) is 31.9. The fraction of sp³-hybridized carbons (Fsp3) is 0.500. The number of aromatic nitrogens is 1. The number of nitrogens with zero attached hydrogens (tertiary/aromatic N) is 3. The summed E-state index contributed by atoms with van der Waals surface area (Å²) in [5.74, 6) is -1.73. The van der Waals surface area contributed by atoms with E-state index in [1.54, 1.807) is 26.8 Å². The molecule has 1 aromatic carbocycles. The Kier molecular flexibility index (Phi) is 8.96. The first-order valence-corrected chi connectivity index (χ1v) is 14.0. The van der Waals surface area contributed by atoms with Crippen LogP contribution < -0.4 is 15.8 Å². The van der Waals surface area contributed by atoms with Gasteiger partial charge in [0.1, 0.15) is 11.4 Å². The van der Waals surface area contributed by atoms with Crippen LogP contribution in [0, 0.1) is 5.82 Å². The maximum absolute atomic E-state index is 15.9. The molecule has 13 heteroatoms. The number of amides is 2. The summed E-state index contributed by atoms with van der Waals surface area (Å²) < 4.78 is 62.5. The third kappa shape index (κ3) is 7.38. The molecule has 2 aromatic rings. The molecule has 0 bridgehead atoms. The normalized spacial score (nSPS) is 20.1. The zero-order valence-corrected chi connectivity index (χ0v) is 25.1. The lowest BCUT2D eigenvalue weighted by Gasteiger charge is -2.44. The van der Waals surface area contributed by atoms with Crippen molar-refractivity contribution in [3.8, 4) is 0 Å². The van der Waals surface area contributed by atoms with Crippen LogP contribution in [0.15, 0.2) is 35.3 Å². The highest BCUT2D eigenvalue weighted by Gasteiger charge is 2.37. The molecule has 9 nitrogen and oxygen atoms in total. The number of anilines is 2. The number of rotatable bonds is 4. The fourth-order valence-corrected chi connectivity index (χ4v) is 5.28. The number of H-pyrrole nitrogens is 1. The highest BCUT2D eigenvalue weighted by atomic mass is 19.4. The van der Waals surface area contributed by atoms with Crippen molar-refractivity contribution in [3.63, 3.8) is 0 Å². The molecule has 43 heavy (non-hydrogen) atoms. The van der Waals surface area contributed by atoms with Crippen molar-refractivity contribution in [1.82, 2.24) is 14.8 Å². The number of alkyl halides is 3. The van der Waals surface area contributed by atoms with Crippen molar-refractivity contribution in [2.24, 2.45) is 0 Å². The molecule has 2 aliphatic rings. The number of pyridine rings is 1. The van der Waals surface area contributed by atoms with Crippen molar-refractivity contribution in [1.29, 1.82) is 0 Å². The van der Waals surface area contributed by atoms with Crippen LogP contribution in [0.5, 0.6) is 0 Å². The van der Waals surface area contributed by atoms with Gasteiger partial charge in [-0.05, 0) is 65.8 Å². The van der Waals surface area contributed by atoms with Gasteiger partial charge in [0.25, 0.3) is 5.91 Å². The lowest BCUT2D eigenvalue weighted by molar-refractivity contribution is -0.138. The molecule has 1 aromatic heterocycles. The van der Waals surface area contributed by atoms with E-state index in [9.17, 15) is 27.6 Å². The second kappa shape index (κ2) is 12.0. The van der Waals surface area contributed by atoms with Gasteiger partial charge < -0.3 is 24.8 Å². The Bertz CT molecular complexity index is 1470. The van der Waals surface area contributed by atoms with Gasteiger partial charge in [0, 0.05) is 56.1 Å². The first-order valence-electron chi connectivity index (χ1n) is 14.0. The maximum Gasteiger partial charge on any atom is 0.417 e. The summed E-state index contributed by atoms with van der Waals surface area (Å²) in [6, 6.07) is 3.11. The molecule has 2 aliphatic heterocycles. The van der Waals surface area contributed by atoms with Crippen LogP contribution in [0.2, 0.25) is 0 Å². The number of ether oxygens (including phenoxy) is 1. The van der Waals surface area contributed by atoms with Gasteiger partial charge in [-0.25, -0.2) is 9.18 Å². The second-order valence-electron chi connectivity index (χ2n) is 12.1. The molecule has 2 atom stereocenters. The van der Waals surface area contributed by atoms with Crippen molar-refractivity contribution in [3.05, 3.63) is 63.3 Å². The SMILES string of the molecule is CC1CN(c2cc(F)c(C3=CCCN(C(=O)OC(C)(C)C)C3)cc2NC(=O)c2c[nH]c(=O)cc2C(F)(F)F)CC(C)N1C. The highest BCUT2D eigenvalue weighted by molar-refractivity contribution is 6.07. The number of aromatic amines is 1. The average Bonchev–Trinajstić information content (AvgIpc) is 2.90. The van der Waals surface area contributed by atoms with Gasteiger partial charge in [0.15, 0.2) is 0 Å². The van der Waals surface area contributed by atoms with Gasteiger partial charge in [-0.1, -0.05) is 6.08 Å². The first kappa shape index (κ1) is 32.1. The van der Waals surface area contributed by atoms with Crippen molar-refractivity contribution < 1.29 is 31.9 Å². The molecule has 1 saturated heterocycles. The molecular weight excluding hydrogens is 570 g/mol. The largest absolute Gasteiger partial charge is 0.444 e. The van der Waals surface area contributed by atoms with Crippen LogP contribution in [0.1, 0.15) is 62.5 Å². The van der Waals surface area contributed by atoms with Crippen LogP contribution in [-0.4, -0.2) is 77.7 Å². The van der Waals surface area contributed by atoms with E-state index in [0.717, 1.165) is 0 Å². The molecule has 4 rings (SSSR count). The monoisotopic (exact) mass is 607 g/mol. The van der Waals surface area contributed by atoms with Crippen LogP contribution >= 0.6 is 0 Å². The molecule has 0 aliphatic carbocycles. The van der Waals surface area contributed by atoms with Gasteiger partial charge in [-0.15, -0.1) is 0 Å². The minimum absolute atomic E-state index is 0.0410. The van der Waals surface area contributed by atoms with Crippen LogP contribution in [0.3, 0.4) is 0 Å². The molecule has 3 heterocycles. The number of benzene rings is 1. The summed E-state index contributed by atoms with van der Waals surface area (Å²) >= 11 is 0. The number of nitrogens with one attached hydrogen (secondary N) is 2. The molecule has 2 unspecified atom stereocenters. The quantitative estimate of drug-likeness (QED) is 0.456. The lowest BCUT2D eigenvalue weighted by atomic mass is 9.98. The third-order valence-corrected chi connectivity index (χ3v) is 7.66. The molecule has 0 saturated carbocycles. The number of carbonyl (C=O) groups is 2. The number of likely N-dealkylation sites (N-methyl/N-ethyl adjacent to an activating group) is 1. The summed E-state index contributed by atoms with van der Waals surface area (Å²) in [5.41, 5.74) is -2.93. The van der Waals surface area contributed by atoms with Crippen molar-refractivity contribution in [2.45, 2.75) is 64.9 Å². The molecule has 234 valence electrons. The van der Waals surface area contributed by atoms with E-state index >= 15 is 4.39 Å². The molecular formula is C30H37F4N5O4. The smallest absolute Gasteiger partial charge is 0.417 e. The van der Waals surface area contributed by atoms with E-state index in [4.69, 9.17) is 4.74 Å². The van der Waals surface area contributed by atoms with Gasteiger partial charge in [0.05, 0.1) is 22.5 Å². The molecule has 1 fully saturated rings. The van der Waals surface area contributed by atoms with Gasteiger partial charge >= 0.3 is 12.3 Å². The third-order valence-electron chi connectivity index (χ3n) is 7.66. The topological polar surface area (TPSA) is 98.0 Å². The highest BCUT2D eigenvalue weighted by Crippen LogP contribution is 2.37. The van der Waals surface area contributed by atoms with Gasteiger partial charge in [-0.3, -0.25) is 14.5 Å². The number of piperazine rings is 1. The van der Waals surface area contributed by atoms with Crippen molar-refractivity contribution >= 4 is 28.9 Å². The Morgan fingerprint density at radius 3 is 2.33 bits per heavy atom. The maximum atomic E-state index is 15.9. The Hall–Kier alpha value is -3.87. The minimum atomic E-state index is -4.96. The summed E-state index contributed by atoms with van der Waals surface area (Å²) in [6.07, 6.45) is -2.59. The lowest BCUT2D eigenvalue weighted by Crippen LogP contribution is -2.55. The predicted molar refractivity (Wildman–Crippen MR) is 156 cm³/mol. The van der Waals surface area contributed by atoms with Crippen LogP contribution in [0.25, 0.3) is 5.57 Å². The minimum Gasteiger partial charge on any atom is -0.444 e. The Morgan fingerprint density at radius 1 is 1.07 bits per heavy atom. The summed E-state index contributed by atoms with van der Waals surface area (Å²) in [6.45, 7) is 10.6. The molecule has 2 amide bonds. The van der Waals surface area contributed by atoms with E-state index in [2.05, 4.69) is 15.2 Å². The molecule has 0 spiro atoms. The molecule has 0 radical (unpaired) electrons. The summed E-state index contributed by atoms with van der Waals surface area (Å²) in [5, 5.41) is 2.55. The molecule has 2 N–H and O–H groups in total. The predicted octanol–water partition coefficient (Wildman–Crippen LogP) is 5.34. The van der Waals surface area contributed by atoms with E-state index in [0.29, 0.717) is 49.6 Å². The number of halogens is 4. The Labute approximate surface area is 247 Å². The van der Waals surface area contributed by atoms with E-state index < -0.39 is 46.3 Å². The summed E-state index contributed by atoms with van der Waals surface area (Å²) in [4.78, 5) is 45.3. The fourth-order valence-electron chi connectivity index (χ4n) is 5.28. The second-order valence-corrected chi connectivity index (χ2v) is 12.1. The van der Waals surface area contributed by atoms with Crippen molar-refractivity contribution in [2.75, 3.05) is 43.4 Å². The average molecular weight is 608 g/mol.